The molecule has 0 aromatic heterocycles. The van der Waals surface area contributed by atoms with E-state index >= 15 is 0 Å². The lowest BCUT2D eigenvalue weighted by Gasteiger charge is -2.52. The third-order valence-electron chi connectivity index (χ3n) is 8.20. The van der Waals surface area contributed by atoms with Gasteiger partial charge < -0.3 is 9.80 Å². The van der Waals surface area contributed by atoms with Crippen LogP contribution < -0.4 is 9.80 Å². The highest BCUT2D eigenvalue weighted by atomic mass is 15.4. The first-order chi connectivity index (χ1) is 20.4. The highest BCUT2D eigenvalue weighted by molar-refractivity contribution is 5.82. The van der Waals surface area contributed by atoms with E-state index in [0.29, 0.717) is 0 Å². The minimum Gasteiger partial charge on any atom is -0.314 e. The van der Waals surface area contributed by atoms with Crippen LogP contribution in [-0.2, 0) is 0 Å². The average molecular weight is 547 g/mol. The molecule has 0 heterocycles. The smallest absolute Gasteiger partial charge is 0.145 e. The number of benzene rings is 5. The molecule has 0 N–H and O–H groups in total. The lowest BCUT2D eigenvalue weighted by atomic mass is 9.88. The van der Waals surface area contributed by atoms with Crippen LogP contribution >= 0.6 is 0 Å². The van der Waals surface area contributed by atoms with Crippen molar-refractivity contribution in [1.82, 2.24) is 0 Å². The monoisotopic (exact) mass is 546 g/mol. The number of hydrogen-bond acceptors (Lipinski definition) is 2. The summed E-state index contributed by atoms with van der Waals surface area (Å²) in [5.74, 6) is 0. The Labute approximate surface area is 250 Å². The summed E-state index contributed by atoms with van der Waals surface area (Å²) in [5.41, 5.74) is 11.5. The second-order valence-electron chi connectivity index (χ2n) is 11.5. The Hall–Kier alpha value is -4.82. The third kappa shape index (κ3) is 5.41. The van der Waals surface area contributed by atoms with Crippen LogP contribution in [-0.4, -0.2) is 5.66 Å². The van der Waals surface area contributed by atoms with Gasteiger partial charge in [0.15, 0.2) is 0 Å². The van der Waals surface area contributed by atoms with Gasteiger partial charge in [-0.15, -0.1) is 0 Å². The van der Waals surface area contributed by atoms with Crippen molar-refractivity contribution >= 4 is 28.3 Å². The number of anilines is 4. The molecule has 0 unspecified atom stereocenters. The van der Waals surface area contributed by atoms with E-state index in [4.69, 9.17) is 0 Å². The molecule has 1 aliphatic rings. The number of rotatable bonds is 7. The second kappa shape index (κ2) is 11.6. The van der Waals surface area contributed by atoms with Gasteiger partial charge in [0, 0.05) is 29.2 Å². The predicted octanol–water partition coefficient (Wildman–Crippen LogP) is 10.6. The topological polar surface area (TPSA) is 6.48 Å². The zero-order chi connectivity index (χ0) is 29.1. The molecular formula is C40H38N2. The zero-order valence-corrected chi connectivity index (χ0v) is 25.0. The first kappa shape index (κ1) is 27.4. The summed E-state index contributed by atoms with van der Waals surface area (Å²) >= 11 is 0. The SMILES string of the molecule is Cc1ccc(N(c2ccc(C)cc2)C2(N(c3ccc(C)cc3)c3ccc(C)cc3)C=CC(c3ccccc3)=CC2)cc1. The Morgan fingerprint density at radius 1 is 0.452 bits per heavy atom. The largest absolute Gasteiger partial charge is 0.314 e. The maximum absolute atomic E-state index is 2.51. The maximum Gasteiger partial charge on any atom is 0.145 e. The molecule has 208 valence electrons. The summed E-state index contributed by atoms with van der Waals surface area (Å²) < 4.78 is 0. The second-order valence-corrected chi connectivity index (χ2v) is 11.5. The quantitative estimate of drug-likeness (QED) is 0.187. The molecule has 0 fully saturated rings. The maximum atomic E-state index is 2.51. The lowest BCUT2D eigenvalue weighted by molar-refractivity contribution is 0.526. The van der Waals surface area contributed by atoms with Gasteiger partial charge in [0.1, 0.15) is 5.66 Å². The Bertz CT molecular complexity index is 1510. The van der Waals surface area contributed by atoms with Gasteiger partial charge in [0.25, 0.3) is 0 Å². The van der Waals surface area contributed by atoms with Crippen molar-refractivity contribution < 1.29 is 0 Å². The molecule has 0 saturated carbocycles. The van der Waals surface area contributed by atoms with Gasteiger partial charge in [-0.3, -0.25) is 0 Å². The van der Waals surface area contributed by atoms with Gasteiger partial charge in [-0.1, -0.05) is 113 Å². The summed E-state index contributed by atoms with van der Waals surface area (Å²) in [6.45, 7) is 8.60. The molecule has 5 aromatic carbocycles. The van der Waals surface area contributed by atoms with Crippen LogP contribution in [0.1, 0.15) is 34.2 Å². The Morgan fingerprint density at radius 2 is 0.810 bits per heavy atom. The van der Waals surface area contributed by atoms with Gasteiger partial charge >= 0.3 is 0 Å². The van der Waals surface area contributed by atoms with E-state index in [1.165, 1.54) is 33.4 Å². The molecule has 0 atom stereocenters. The van der Waals surface area contributed by atoms with Crippen molar-refractivity contribution in [3.05, 3.63) is 173 Å². The number of allylic oxidation sites excluding steroid dienone is 2. The van der Waals surface area contributed by atoms with Crippen LogP contribution in [0.5, 0.6) is 0 Å². The molecule has 2 nitrogen and oxygen atoms in total. The summed E-state index contributed by atoms with van der Waals surface area (Å²) in [5, 5.41) is 0. The molecule has 0 bridgehead atoms. The molecule has 0 saturated heterocycles. The normalized spacial score (nSPS) is 13.9. The Balaban J connectivity index is 1.63. The van der Waals surface area contributed by atoms with Crippen molar-refractivity contribution in [2.75, 3.05) is 9.80 Å². The minimum absolute atomic E-state index is 0.576. The lowest BCUT2D eigenvalue weighted by Crippen LogP contribution is -2.57. The molecular weight excluding hydrogens is 508 g/mol. The average Bonchev–Trinajstić information content (AvgIpc) is 3.02. The highest BCUT2D eigenvalue weighted by Gasteiger charge is 2.43. The van der Waals surface area contributed by atoms with E-state index in [1.807, 2.05) is 0 Å². The highest BCUT2D eigenvalue weighted by Crippen LogP contribution is 2.47. The molecule has 2 heteroatoms. The van der Waals surface area contributed by atoms with Gasteiger partial charge in [-0.25, -0.2) is 0 Å². The van der Waals surface area contributed by atoms with E-state index in [-0.39, 0.29) is 0 Å². The van der Waals surface area contributed by atoms with E-state index < -0.39 is 5.66 Å². The standard InChI is InChI=1S/C40H38N2/c1-30-10-18-36(19-11-30)41(37-20-12-31(2)13-21-37)40(28-26-35(27-29-40)34-8-6-5-7-9-34)42(38-22-14-32(3)15-23-38)39-24-16-33(4)17-25-39/h5-28H,29H2,1-4H3. The fourth-order valence-corrected chi connectivity index (χ4v) is 5.86. The molecule has 1 aliphatic carbocycles. The summed E-state index contributed by atoms with van der Waals surface area (Å²) in [6, 6.07) is 46.4. The first-order valence-electron chi connectivity index (χ1n) is 14.7. The fraction of sp³-hybridized carbons (Fsp3) is 0.150. The van der Waals surface area contributed by atoms with Crippen molar-refractivity contribution in [3.63, 3.8) is 0 Å². The van der Waals surface area contributed by atoms with Crippen LogP contribution in [0.3, 0.4) is 0 Å². The number of nitrogens with zero attached hydrogens (tertiary/aromatic N) is 2. The van der Waals surface area contributed by atoms with Crippen LogP contribution in [0.2, 0.25) is 0 Å². The minimum atomic E-state index is -0.576. The molecule has 0 radical (unpaired) electrons. The van der Waals surface area contributed by atoms with E-state index in [9.17, 15) is 0 Å². The fourth-order valence-electron chi connectivity index (χ4n) is 5.86. The van der Waals surface area contributed by atoms with Crippen LogP contribution in [0.4, 0.5) is 22.7 Å². The van der Waals surface area contributed by atoms with Crippen molar-refractivity contribution in [2.24, 2.45) is 0 Å². The molecule has 0 aliphatic heterocycles. The number of aryl methyl sites for hydroxylation is 4. The molecule has 6 rings (SSSR count). The molecule has 5 aromatic rings. The summed E-state index contributed by atoms with van der Waals surface area (Å²) in [6.07, 6.45) is 7.90. The van der Waals surface area contributed by atoms with Gasteiger partial charge in [0.05, 0.1) is 0 Å². The van der Waals surface area contributed by atoms with E-state index in [1.54, 1.807) is 0 Å². The predicted molar refractivity (Wildman–Crippen MR) is 180 cm³/mol. The van der Waals surface area contributed by atoms with Crippen LogP contribution in [0.25, 0.3) is 5.57 Å². The first-order valence-corrected chi connectivity index (χ1v) is 14.7. The molecule has 0 spiro atoms. The number of hydrogen-bond donors (Lipinski definition) is 0. The van der Waals surface area contributed by atoms with Crippen LogP contribution in [0, 0.1) is 27.7 Å². The Morgan fingerprint density at radius 3 is 1.12 bits per heavy atom. The van der Waals surface area contributed by atoms with Gasteiger partial charge in [-0.2, -0.15) is 0 Å². The summed E-state index contributed by atoms with van der Waals surface area (Å²) in [7, 11) is 0. The van der Waals surface area contributed by atoms with Gasteiger partial charge in [0.2, 0.25) is 0 Å². The van der Waals surface area contributed by atoms with E-state index in [2.05, 4.69) is 183 Å². The van der Waals surface area contributed by atoms with Crippen molar-refractivity contribution in [2.45, 2.75) is 39.8 Å². The van der Waals surface area contributed by atoms with E-state index in [0.717, 1.165) is 29.2 Å². The van der Waals surface area contributed by atoms with Crippen molar-refractivity contribution in [1.29, 1.82) is 0 Å². The molecule has 0 amide bonds. The molecule has 42 heavy (non-hydrogen) atoms. The zero-order valence-electron chi connectivity index (χ0n) is 25.0. The van der Waals surface area contributed by atoms with Crippen molar-refractivity contribution in [3.8, 4) is 0 Å². The third-order valence-corrected chi connectivity index (χ3v) is 8.20. The van der Waals surface area contributed by atoms with Gasteiger partial charge in [-0.05, 0) is 93.4 Å². The van der Waals surface area contributed by atoms with Crippen LogP contribution in [0.15, 0.2) is 146 Å². The Kier molecular flexibility index (Phi) is 7.54. The summed E-state index contributed by atoms with van der Waals surface area (Å²) in [4.78, 5) is 5.03.